The Morgan fingerprint density at radius 1 is 0.962 bits per heavy atom. The monoisotopic (exact) mass is 374 g/mol. The fourth-order valence-electron chi connectivity index (χ4n) is 2.79. The van der Waals surface area contributed by atoms with Crippen LogP contribution in [0.2, 0.25) is 0 Å². The zero-order valence-corrected chi connectivity index (χ0v) is 16.8. The van der Waals surface area contributed by atoms with Crippen LogP contribution in [0.15, 0.2) is 41.3 Å². The summed E-state index contributed by atoms with van der Waals surface area (Å²) in [6.07, 6.45) is 0. The lowest BCUT2D eigenvalue weighted by Crippen LogP contribution is -2.38. The molecule has 0 saturated carbocycles. The zero-order chi connectivity index (χ0) is 19.5. The molecule has 0 fully saturated rings. The highest BCUT2D eigenvalue weighted by atomic mass is 32.2. The standard InChI is InChI=1S/C20H26N2O3S/c1-6-22(26(24,25)19-12-15(3)7-9-16(19)4)13-20(23)21-18-10-8-14(2)11-17(18)5/h7-12H,6,13H2,1-5H3,(H,21,23). The smallest absolute Gasteiger partial charge is 0.243 e. The highest BCUT2D eigenvalue weighted by molar-refractivity contribution is 7.89. The van der Waals surface area contributed by atoms with Gasteiger partial charge in [0.05, 0.1) is 11.4 Å². The Morgan fingerprint density at radius 2 is 1.58 bits per heavy atom. The molecule has 5 nitrogen and oxygen atoms in total. The lowest BCUT2D eigenvalue weighted by molar-refractivity contribution is -0.116. The average molecular weight is 375 g/mol. The number of rotatable bonds is 6. The molecule has 26 heavy (non-hydrogen) atoms. The van der Waals surface area contributed by atoms with Gasteiger partial charge in [-0.2, -0.15) is 4.31 Å². The highest BCUT2D eigenvalue weighted by Gasteiger charge is 2.27. The molecule has 2 aromatic rings. The minimum absolute atomic E-state index is 0.218. The molecule has 0 bridgehead atoms. The molecule has 0 aromatic heterocycles. The van der Waals surface area contributed by atoms with Gasteiger partial charge in [-0.1, -0.05) is 36.8 Å². The minimum atomic E-state index is -3.74. The van der Waals surface area contributed by atoms with Crippen LogP contribution in [0.25, 0.3) is 0 Å². The Bertz CT molecular complexity index is 921. The predicted molar refractivity (Wildman–Crippen MR) is 105 cm³/mol. The van der Waals surface area contributed by atoms with Gasteiger partial charge in [-0.15, -0.1) is 0 Å². The molecular weight excluding hydrogens is 348 g/mol. The van der Waals surface area contributed by atoms with E-state index < -0.39 is 10.0 Å². The van der Waals surface area contributed by atoms with E-state index in [9.17, 15) is 13.2 Å². The Hall–Kier alpha value is -2.18. The first-order chi connectivity index (χ1) is 12.1. The van der Waals surface area contributed by atoms with Gasteiger partial charge in [-0.05, 0) is 56.5 Å². The Balaban J connectivity index is 2.22. The molecule has 2 aromatic carbocycles. The molecule has 1 amide bonds. The summed E-state index contributed by atoms with van der Waals surface area (Å²) in [5.74, 6) is -0.354. The van der Waals surface area contributed by atoms with Gasteiger partial charge in [0.2, 0.25) is 15.9 Å². The maximum absolute atomic E-state index is 13.0. The fraction of sp³-hybridized carbons (Fsp3) is 0.350. The van der Waals surface area contributed by atoms with Crippen molar-refractivity contribution >= 4 is 21.6 Å². The minimum Gasteiger partial charge on any atom is -0.325 e. The molecule has 2 rings (SSSR count). The molecule has 0 heterocycles. The van der Waals surface area contributed by atoms with Gasteiger partial charge >= 0.3 is 0 Å². The van der Waals surface area contributed by atoms with Crippen molar-refractivity contribution in [2.24, 2.45) is 0 Å². The summed E-state index contributed by atoms with van der Waals surface area (Å²) >= 11 is 0. The van der Waals surface area contributed by atoms with Gasteiger partial charge in [0.15, 0.2) is 0 Å². The van der Waals surface area contributed by atoms with Gasteiger partial charge in [0, 0.05) is 12.2 Å². The van der Waals surface area contributed by atoms with Gasteiger partial charge in [0.1, 0.15) is 0 Å². The molecule has 6 heteroatoms. The van der Waals surface area contributed by atoms with Crippen molar-refractivity contribution in [3.05, 3.63) is 58.7 Å². The number of anilines is 1. The molecule has 140 valence electrons. The quantitative estimate of drug-likeness (QED) is 0.840. The third kappa shape index (κ3) is 4.51. The van der Waals surface area contributed by atoms with Crippen molar-refractivity contribution in [2.75, 3.05) is 18.4 Å². The van der Waals surface area contributed by atoms with E-state index in [1.54, 1.807) is 26.0 Å². The van der Waals surface area contributed by atoms with Crippen LogP contribution < -0.4 is 5.32 Å². The topological polar surface area (TPSA) is 66.5 Å². The second-order valence-corrected chi connectivity index (χ2v) is 8.47. The largest absolute Gasteiger partial charge is 0.325 e. The number of carbonyl (C=O) groups excluding carboxylic acids is 1. The van der Waals surface area contributed by atoms with Crippen molar-refractivity contribution < 1.29 is 13.2 Å². The number of benzene rings is 2. The summed E-state index contributed by atoms with van der Waals surface area (Å²) in [6.45, 7) is 9.22. The SMILES string of the molecule is CCN(CC(=O)Nc1ccc(C)cc1C)S(=O)(=O)c1cc(C)ccc1C. The van der Waals surface area contributed by atoms with Crippen LogP contribution in [0, 0.1) is 27.7 Å². The molecular formula is C20H26N2O3S. The maximum Gasteiger partial charge on any atom is 0.243 e. The van der Waals surface area contributed by atoms with E-state index >= 15 is 0 Å². The summed E-state index contributed by atoms with van der Waals surface area (Å²) in [6, 6.07) is 11.0. The highest BCUT2D eigenvalue weighted by Crippen LogP contribution is 2.22. The molecule has 0 spiro atoms. The molecule has 0 aliphatic carbocycles. The van der Waals surface area contributed by atoms with Crippen LogP contribution in [-0.2, 0) is 14.8 Å². The number of nitrogens with zero attached hydrogens (tertiary/aromatic N) is 1. The molecule has 0 aliphatic heterocycles. The van der Waals surface area contributed by atoms with Crippen LogP contribution in [-0.4, -0.2) is 31.7 Å². The van der Waals surface area contributed by atoms with Crippen LogP contribution in [0.1, 0.15) is 29.2 Å². The van der Waals surface area contributed by atoms with E-state index in [1.807, 2.05) is 45.0 Å². The van der Waals surface area contributed by atoms with Crippen LogP contribution >= 0.6 is 0 Å². The first-order valence-corrected chi connectivity index (χ1v) is 10.0. The number of amides is 1. The number of nitrogens with one attached hydrogen (secondary N) is 1. The summed E-state index contributed by atoms with van der Waals surface area (Å²) in [7, 11) is -3.74. The summed E-state index contributed by atoms with van der Waals surface area (Å²) in [5.41, 5.74) is 4.28. The first kappa shape index (κ1) is 20.1. The van der Waals surface area contributed by atoms with Crippen LogP contribution in [0.4, 0.5) is 5.69 Å². The summed E-state index contributed by atoms with van der Waals surface area (Å²) in [5, 5.41) is 2.81. The van der Waals surface area contributed by atoms with Crippen molar-refractivity contribution in [3.8, 4) is 0 Å². The lowest BCUT2D eigenvalue weighted by Gasteiger charge is -2.21. The predicted octanol–water partition coefficient (Wildman–Crippen LogP) is 3.57. The van der Waals surface area contributed by atoms with E-state index in [0.717, 1.165) is 16.7 Å². The van der Waals surface area contributed by atoms with Gasteiger partial charge < -0.3 is 5.32 Å². The molecule has 1 N–H and O–H groups in total. The molecule has 0 saturated heterocycles. The fourth-order valence-corrected chi connectivity index (χ4v) is 4.51. The van der Waals surface area contributed by atoms with E-state index in [1.165, 1.54) is 4.31 Å². The normalized spacial score (nSPS) is 11.6. The van der Waals surface area contributed by atoms with Crippen molar-refractivity contribution in [3.63, 3.8) is 0 Å². The number of carbonyl (C=O) groups is 1. The second kappa shape index (κ2) is 8.01. The third-order valence-electron chi connectivity index (χ3n) is 4.29. The number of aryl methyl sites for hydroxylation is 4. The van der Waals surface area contributed by atoms with Crippen molar-refractivity contribution in [1.29, 1.82) is 0 Å². The number of hydrogen-bond acceptors (Lipinski definition) is 3. The Morgan fingerprint density at radius 3 is 2.19 bits per heavy atom. The summed E-state index contributed by atoms with van der Waals surface area (Å²) < 4.78 is 27.2. The van der Waals surface area contributed by atoms with E-state index in [0.29, 0.717) is 11.3 Å². The number of hydrogen-bond donors (Lipinski definition) is 1. The van der Waals surface area contributed by atoms with Crippen LogP contribution in [0.3, 0.4) is 0 Å². The Labute approximate surface area is 156 Å². The number of likely N-dealkylation sites (N-methyl/N-ethyl adjacent to an activating group) is 1. The lowest BCUT2D eigenvalue weighted by atomic mass is 10.1. The first-order valence-electron chi connectivity index (χ1n) is 8.59. The van der Waals surface area contributed by atoms with Crippen LogP contribution in [0.5, 0.6) is 0 Å². The molecule has 0 atom stereocenters. The van der Waals surface area contributed by atoms with Gasteiger partial charge in [-0.3, -0.25) is 4.79 Å². The molecule has 0 unspecified atom stereocenters. The number of sulfonamides is 1. The molecule has 0 aliphatic rings. The maximum atomic E-state index is 13.0. The van der Waals surface area contributed by atoms with E-state index in [4.69, 9.17) is 0 Å². The summed E-state index contributed by atoms with van der Waals surface area (Å²) in [4.78, 5) is 12.7. The Kier molecular flexibility index (Phi) is 6.21. The van der Waals surface area contributed by atoms with Crippen molar-refractivity contribution in [2.45, 2.75) is 39.5 Å². The van der Waals surface area contributed by atoms with Gasteiger partial charge in [0.25, 0.3) is 0 Å². The third-order valence-corrected chi connectivity index (χ3v) is 6.35. The van der Waals surface area contributed by atoms with Crippen molar-refractivity contribution in [1.82, 2.24) is 4.31 Å². The zero-order valence-electron chi connectivity index (χ0n) is 16.0. The van der Waals surface area contributed by atoms with Gasteiger partial charge in [-0.25, -0.2) is 8.42 Å². The average Bonchev–Trinajstić information content (AvgIpc) is 2.57. The van der Waals surface area contributed by atoms with E-state index in [-0.39, 0.29) is 23.9 Å². The molecule has 0 radical (unpaired) electrons. The second-order valence-electron chi connectivity index (χ2n) is 6.57. The van der Waals surface area contributed by atoms with E-state index in [2.05, 4.69) is 5.32 Å².